The largest absolute Gasteiger partial charge is 0.368 e. The minimum atomic E-state index is -0.416. The van der Waals surface area contributed by atoms with E-state index in [1.807, 2.05) is 0 Å². The summed E-state index contributed by atoms with van der Waals surface area (Å²) < 4.78 is 0. The molecular formula is C14H25N3O2. The number of hydrogen-bond donors (Lipinski definition) is 2. The first-order valence-electron chi connectivity index (χ1n) is 7.45. The molecule has 1 heterocycles. The van der Waals surface area contributed by atoms with Gasteiger partial charge >= 0.3 is 0 Å². The fraction of sp³-hybridized carbons (Fsp3) is 0.857. The summed E-state index contributed by atoms with van der Waals surface area (Å²) >= 11 is 0. The van der Waals surface area contributed by atoms with E-state index in [1.165, 1.54) is 25.7 Å². The van der Waals surface area contributed by atoms with Crippen LogP contribution in [-0.2, 0) is 9.59 Å². The molecule has 1 aliphatic heterocycles. The van der Waals surface area contributed by atoms with Crippen molar-refractivity contribution in [1.82, 2.24) is 10.2 Å². The number of hydrogen-bond acceptors (Lipinski definition) is 3. The van der Waals surface area contributed by atoms with E-state index >= 15 is 0 Å². The molecule has 5 heteroatoms. The van der Waals surface area contributed by atoms with E-state index in [9.17, 15) is 9.59 Å². The average Bonchev–Trinajstić information content (AvgIpc) is 3.05. The lowest BCUT2D eigenvalue weighted by Crippen LogP contribution is -2.46. The number of carbonyl (C=O) groups excluding carboxylic acids is 2. The van der Waals surface area contributed by atoms with Gasteiger partial charge < -0.3 is 16.0 Å². The first-order valence-corrected chi connectivity index (χ1v) is 7.45. The Morgan fingerprint density at radius 2 is 1.95 bits per heavy atom. The minimum Gasteiger partial charge on any atom is -0.368 e. The molecule has 0 aromatic heterocycles. The molecule has 2 aliphatic rings. The maximum Gasteiger partial charge on any atom is 0.237 e. The fourth-order valence-electron chi connectivity index (χ4n) is 3.26. The van der Waals surface area contributed by atoms with Crippen molar-refractivity contribution >= 4 is 11.8 Å². The van der Waals surface area contributed by atoms with Crippen LogP contribution in [-0.4, -0.2) is 42.4 Å². The lowest BCUT2D eigenvalue weighted by Gasteiger charge is -2.27. The molecule has 1 aliphatic carbocycles. The van der Waals surface area contributed by atoms with Crippen LogP contribution in [0.2, 0.25) is 0 Å². The van der Waals surface area contributed by atoms with Crippen molar-refractivity contribution in [3.8, 4) is 0 Å². The molecule has 1 saturated heterocycles. The van der Waals surface area contributed by atoms with Crippen LogP contribution in [0.4, 0.5) is 0 Å². The summed E-state index contributed by atoms with van der Waals surface area (Å²) in [4.78, 5) is 25.1. The normalized spacial score (nSPS) is 23.7. The summed E-state index contributed by atoms with van der Waals surface area (Å²) in [5.74, 6) is 0.390. The maximum absolute atomic E-state index is 12.3. The number of primary amides is 1. The zero-order valence-electron chi connectivity index (χ0n) is 11.6. The van der Waals surface area contributed by atoms with Crippen molar-refractivity contribution in [1.29, 1.82) is 0 Å². The van der Waals surface area contributed by atoms with Gasteiger partial charge in [0.2, 0.25) is 11.8 Å². The third-order valence-corrected chi connectivity index (χ3v) is 4.36. The Morgan fingerprint density at radius 3 is 2.53 bits per heavy atom. The van der Waals surface area contributed by atoms with Gasteiger partial charge in [0, 0.05) is 19.0 Å². The Bertz CT molecular complexity index is 321. The zero-order chi connectivity index (χ0) is 13.7. The molecule has 2 rings (SSSR count). The predicted molar refractivity (Wildman–Crippen MR) is 73.4 cm³/mol. The number of amides is 2. The molecule has 1 unspecified atom stereocenters. The summed E-state index contributed by atoms with van der Waals surface area (Å²) in [6, 6.07) is 0.142. The van der Waals surface area contributed by atoms with Gasteiger partial charge in [0.15, 0.2) is 0 Å². The van der Waals surface area contributed by atoms with Crippen LogP contribution in [0.5, 0.6) is 0 Å². The highest BCUT2D eigenvalue weighted by Crippen LogP contribution is 2.28. The predicted octanol–water partition coefficient (Wildman–Crippen LogP) is 0.633. The van der Waals surface area contributed by atoms with E-state index in [0.717, 1.165) is 25.9 Å². The van der Waals surface area contributed by atoms with E-state index in [1.54, 1.807) is 4.90 Å². The summed E-state index contributed by atoms with van der Waals surface area (Å²) in [7, 11) is 0. The van der Waals surface area contributed by atoms with Gasteiger partial charge in [-0.3, -0.25) is 9.59 Å². The molecule has 19 heavy (non-hydrogen) atoms. The first-order chi connectivity index (χ1) is 9.16. The van der Waals surface area contributed by atoms with Gasteiger partial charge in [-0.05, 0) is 25.3 Å². The smallest absolute Gasteiger partial charge is 0.237 e. The second kappa shape index (κ2) is 6.89. The molecule has 0 spiro atoms. The minimum absolute atomic E-state index is 0.0653. The number of nitrogens with two attached hydrogens (primary N) is 1. The van der Waals surface area contributed by atoms with Crippen LogP contribution in [0.3, 0.4) is 0 Å². The molecule has 1 saturated carbocycles. The van der Waals surface area contributed by atoms with Crippen molar-refractivity contribution in [2.75, 3.05) is 19.6 Å². The molecule has 2 fully saturated rings. The summed E-state index contributed by atoms with van der Waals surface area (Å²) in [6.45, 7) is 1.76. The molecule has 0 aromatic carbocycles. The SMILES string of the molecule is NC(=O)CN(C(=O)CCC1CCCC1)C1CCNC1. The molecular weight excluding hydrogens is 242 g/mol. The molecule has 0 aromatic rings. The monoisotopic (exact) mass is 267 g/mol. The Labute approximate surface area is 114 Å². The van der Waals surface area contributed by atoms with Gasteiger partial charge in [0.25, 0.3) is 0 Å². The molecule has 1 atom stereocenters. The summed E-state index contributed by atoms with van der Waals surface area (Å²) in [5.41, 5.74) is 5.26. The van der Waals surface area contributed by atoms with E-state index in [0.29, 0.717) is 12.3 Å². The highest BCUT2D eigenvalue weighted by Gasteiger charge is 2.28. The Balaban J connectivity index is 1.84. The third-order valence-electron chi connectivity index (χ3n) is 4.36. The van der Waals surface area contributed by atoms with E-state index in [2.05, 4.69) is 5.32 Å². The Kier molecular flexibility index (Phi) is 5.19. The molecule has 3 N–H and O–H groups in total. The van der Waals surface area contributed by atoms with Crippen molar-refractivity contribution in [2.24, 2.45) is 11.7 Å². The van der Waals surface area contributed by atoms with E-state index < -0.39 is 5.91 Å². The van der Waals surface area contributed by atoms with Gasteiger partial charge in [-0.1, -0.05) is 25.7 Å². The van der Waals surface area contributed by atoms with E-state index in [-0.39, 0.29) is 18.5 Å². The number of carbonyl (C=O) groups is 2. The lowest BCUT2D eigenvalue weighted by atomic mass is 10.0. The van der Waals surface area contributed by atoms with E-state index in [4.69, 9.17) is 5.73 Å². The van der Waals surface area contributed by atoms with Crippen LogP contribution in [0.1, 0.15) is 44.9 Å². The lowest BCUT2D eigenvalue weighted by molar-refractivity contribution is -0.137. The molecule has 0 radical (unpaired) electrons. The number of rotatable bonds is 6. The second-order valence-corrected chi connectivity index (χ2v) is 5.82. The highest BCUT2D eigenvalue weighted by molar-refractivity contribution is 5.84. The Hall–Kier alpha value is -1.10. The second-order valence-electron chi connectivity index (χ2n) is 5.82. The van der Waals surface area contributed by atoms with Crippen LogP contribution in [0.15, 0.2) is 0 Å². The topological polar surface area (TPSA) is 75.4 Å². The van der Waals surface area contributed by atoms with Crippen molar-refractivity contribution in [3.05, 3.63) is 0 Å². The van der Waals surface area contributed by atoms with Gasteiger partial charge in [-0.15, -0.1) is 0 Å². The number of nitrogens with zero attached hydrogens (tertiary/aromatic N) is 1. The van der Waals surface area contributed by atoms with Crippen LogP contribution < -0.4 is 11.1 Å². The van der Waals surface area contributed by atoms with Crippen molar-refractivity contribution in [2.45, 2.75) is 51.0 Å². The summed E-state index contributed by atoms with van der Waals surface area (Å²) in [5, 5.41) is 3.23. The van der Waals surface area contributed by atoms with Crippen molar-refractivity contribution in [3.63, 3.8) is 0 Å². The molecule has 0 bridgehead atoms. The Morgan fingerprint density at radius 1 is 1.21 bits per heavy atom. The fourth-order valence-corrected chi connectivity index (χ4v) is 3.26. The van der Waals surface area contributed by atoms with Gasteiger partial charge in [0.1, 0.15) is 0 Å². The van der Waals surface area contributed by atoms with Crippen LogP contribution in [0.25, 0.3) is 0 Å². The quantitative estimate of drug-likeness (QED) is 0.741. The van der Waals surface area contributed by atoms with Gasteiger partial charge in [-0.25, -0.2) is 0 Å². The van der Waals surface area contributed by atoms with Crippen LogP contribution in [0, 0.1) is 5.92 Å². The molecule has 108 valence electrons. The maximum atomic E-state index is 12.3. The van der Waals surface area contributed by atoms with Gasteiger partial charge in [0.05, 0.1) is 6.54 Å². The average molecular weight is 267 g/mol. The summed E-state index contributed by atoms with van der Waals surface area (Å²) in [6.07, 6.45) is 7.57. The van der Waals surface area contributed by atoms with Crippen molar-refractivity contribution < 1.29 is 9.59 Å². The molecule has 5 nitrogen and oxygen atoms in total. The standard InChI is InChI=1S/C14H25N3O2/c15-13(18)10-17(12-7-8-16-9-12)14(19)6-5-11-3-1-2-4-11/h11-12,16H,1-10H2,(H2,15,18). The first kappa shape index (κ1) is 14.3. The number of nitrogens with one attached hydrogen (secondary N) is 1. The third kappa shape index (κ3) is 4.20. The zero-order valence-corrected chi connectivity index (χ0v) is 11.6. The highest BCUT2D eigenvalue weighted by atomic mass is 16.2. The van der Waals surface area contributed by atoms with Crippen LogP contribution >= 0.6 is 0 Å². The van der Waals surface area contributed by atoms with Gasteiger partial charge in [-0.2, -0.15) is 0 Å². The molecule has 2 amide bonds.